The molecule has 0 fully saturated rings. The van der Waals surface area contributed by atoms with E-state index in [0.29, 0.717) is 28.6 Å². The molecule has 35 heavy (non-hydrogen) atoms. The van der Waals surface area contributed by atoms with Crippen molar-refractivity contribution in [3.05, 3.63) is 84.5 Å². The summed E-state index contributed by atoms with van der Waals surface area (Å²) in [7, 11) is 0. The molecule has 1 amide bonds. The first-order chi connectivity index (χ1) is 16.4. The third-order valence-corrected chi connectivity index (χ3v) is 6.13. The Morgan fingerprint density at radius 2 is 1.43 bits per heavy atom. The van der Waals surface area contributed by atoms with Crippen LogP contribution in [0.25, 0.3) is 0 Å². The van der Waals surface area contributed by atoms with Gasteiger partial charge in [-0.1, -0.05) is 83.5 Å². The van der Waals surface area contributed by atoms with Crippen molar-refractivity contribution in [3.63, 3.8) is 0 Å². The molecule has 0 atom stereocenters. The number of amides is 1. The average molecular weight is 599 g/mol. The minimum Gasteiger partial charge on any atom is -0.451 e. The van der Waals surface area contributed by atoms with Gasteiger partial charge in [0.2, 0.25) is 0 Å². The number of carbonyl (C=O) groups is 1. The molecule has 0 aliphatic rings. The molecule has 0 aliphatic carbocycles. The molecule has 0 unspecified atom stereocenters. The fourth-order valence-corrected chi connectivity index (χ4v) is 4.45. The molecular formula is C24H22Cl6N2O3. The zero-order valence-corrected chi connectivity index (χ0v) is 23.3. The molecule has 1 heterocycles. The monoisotopic (exact) mass is 596 g/mol. The Morgan fingerprint density at radius 1 is 0.943 bits per heavy atom. The van der Waals surface area contributed by atoms with Crippen molar-refractivity contribution in [1.82, 2.24) is 10.3 Å². The molecule has 188 valence electrons. The second kappa shape index (κ2) is 13.8. The molecule has 2 aromatic carbocycles. The number of aromatic nitrogens is 1. The Hall–Kier alpha value is -1.44. The molecule has 5 nitrogen and oxygen atoms in total. The summed E-state index contributed by atoms with van der Waals surface area (Å²) >= 11 is 35.7. The van der Waals surface area contributed by atoms with E-state index in [9.17, 15) is 4.79 Å². The van der Waals surface area contributed by atoms with E-state index in [1.165, 1.54) is 30.5 Å². The summed E-state index contributed by atoms with van der Waals surface area (Å²) in [6.07, 6.45) is 3.83. The van der Waals surface area contributed by atoms with Gasteiger partial charge in [-0.25, -0.2) is 0 Å². The molecule has 3 aromatic rings. The summed E-state index contributed by atoms with van der Waals surface area (Å²) in [5.41, 5.74) is 0.467. The van der Waals surface area contributed by atoms with Crippen LogP contribution in [0, 0.1) is 5.41 Å². The molecule has 0 aliphatic heterocycles. The highest BCUT2D eigenvalue weighted by Crippen LogP contribution is 2.44. The van der Waals surface area contributed by atoms with Crippen LogP contribution in [-0.2, 0) is 0 Å². The van der Waals surface area contributed by atoms with Crippen LogP contribution in [0.4, 0.5) is 0 Å². The minimum absolute atomic E-state index is 0.0907. The Kier molecular flexibility index (Phi) is 11.7. The van der Waals surface area contributed by atoms with Crippen LogP contribution in [0.1, 0.15) is 30.6 Å². The summed E-state index contributed by atoms with van der Waals surface area (Å²) < 4.78 is 5.57. The smallest absolute Gasteiger partial charge is 0.252 e. The highest BCUT2D eigenvalue weighted by Gasteiger charge is 2.18. The van der Waals surface area contributed by atoms with Crippen LogP contribution in [0.5, 0.6) is 11.5 Å². The Bertz CT molecular complexity index is 1060. The third-order valence-electron chi connectivity index (χ3n) is 4.57. The molecule has 0 radical (unpaired) electrons. The van der Waals surface area contributed by atoms with Gasteiger partial charge in [-0.15, -0.1) is 0 Å². The van der Waals surface area contributed by atoms with Gasteiger partial charge >= 0.3 is 0 Å². The first kappa shape index (κ1) is 29.8. The van der Waals surface area contributed by atoms with Crippen molar-refractivity contribution in [3.8, 4) is 11.5 Å². The van der Waals surface area contributed by atoms with Crippen molar-refractivity contribution in [2.75, 3.05) is 13.2 Å². The Morgan fingerprint density at radius 3 is 1.83 bits per heavy atom. The van der Waals surface area contributed by atoms with Gasteiger partial charge in [0.15, 0.2) is 11.5 Å². The lowest BCUT2D eigenvalue weighted by molar-refractivity contribution is 0.0928. The summed E-state index contributed by atoms with van der Waals surface area (Å²) in [6, 6.07) is 9.46. The summed E-state index contributed by atoms with van der Waals surface area (Å²) in [4.78, 5) is 15.6. The number of benzene rings is 2. The number of nitrogens with zero attached hydrogens (tertiary/aromatic N) is 1. The molecule has 3 rings (SSSR count). The molecule has 1 aromatic heterocycles. The fourth-order valence-electron chi connectivity index (χ4n) is 2.66. The number of aliphatic hydroxyl groups excluding tert-OH is 1. The highest BCUT2D eigenvalue weighted by atomic mass is 35.5. The normalized spacial score (nSPS) is 10.9. The number of pyridine rings is 1. The van der Waals surface area contributed by atoms with Crippen LogP contribution in [0.15, 0.2) is 48.8 Å². The maximum Gasteiger partial charge on any atom is 0.252 e. The number of rotatable bonds is 7. The zero-order chi connectivity index (χ0) is 26.2. The summed E-state index contributed by atoms with van der Waals surface area (Å²) in [5.74, 6) is 0.317. The maximum absolute atomic E-state index is 11.7. The standard InChI is InChI=1S/C12H4Cl6O.C12H18N2O2/c13-5-1-7(15)11(8(16)2-5)19-12-9(17)3-6(14)4-10(12)18;1-12(2,5-7-15)9-14-11(16)10-4-3-6-13-8-10/h1-4H;3-4,6,8,15H,5,7,9H2,1-2H3,(H,14,16). The highest BCUT2D eigenvalue weighted by molar-refractivity contribution is 6.41. The Balaban J connectivity index is 0.000000251. The van der Waals surface area contributed by atoms with Crippen molar-refractivity contribution < 1.29 is 14.6 Å². The van der Waals surface area contributed by atoms with Crippen molar-refractivity contribution in [1.29, 1.82) is 0 Å². The number of carbonyl (C=O) groups excluding carboxylic acids is 1. The second-order valence-electron chi connectivity index (χ2n) is 8.06. The first-order valence-corrected chi connectivity index (χ1v) is 12.5. The van der Waals surface area contributed by atoms with Crippen molar-refractivity contribution >= 4 is 75.5 Å². The van der Waals surface area contributed by atoms with E-state index in [1.54, 1.807) is 18.3 Å². The fraction of sp³-hybridized carbons (Fsp3) is 0.250. The maximum atomic E-state index is 11.7. The summed E-state index contributed by atoms with van der Waals surface area (Å²) in [6.45, 7) is 4.69. The van der Waals surface area contributed by atoms with E-state index in [0.717, 1.165) is 0 Å². The number of hydrogen-bond acceptors (Lipinski definition) is 4. The average Bonchev–Trinajstić information content (AvgIpc) is 2.77. The van der Waals surface area contributed by atoms with Crippen LogP contribution in [0.2, 0.25) is 30.1 Å². The van der Waals surface area contributed by atoms with Gasteiger partial charge in [-0.05, 0) is 48.2 Å². The molecule has 0 saturated carbocycles. The quantitative estimate of drug-likeness (QED) is 0.286. The lowest BCUT2D eigenvalue weighted by atomic mass is 9.90. The lowest BCUT2D eigenvalue weighted by Crippen LogP contribution is -2.34. The second-order valence-corrected chi connectivity index (χ2v) is 10.6. The Labute approximate surface area is 234 Å². The van der Waals surface area contributed by atoms with Gasteiger partial charge in [-0.3, -0.25) is 9.78 Å². The number of ether oxygens (including phenoxy) is 1. The van der Waals surface area contributed by atoms with E-state index >= 15 is 0 Å². The third kappa shape index (κ3) is 9.51. The van der Waals surface area contributed by atoms with E-state index in [4.69, 9.17) is 79.4 Å². The van der Waals surface area contributed by atoms with Gasteiger partial charge in [0.25, 0.3) is 5.91 Å². The topological polar surface area (TPSA) is 71.5 Å². The van der Waals surface area contributed by atoms with Gasteiger partial charge in [0.05, 0.1) is 25.7 Å². The van der Waals surface area contributed by atoms with E-state index in [1.807, 2.05) is 13.8 Å². The van der Waals surface area contributed by atoms with Gasteiger partial charge in [0.1, 0.15) is 0 Å². The van der Waals surface area contributed by atoms with Crippen LogP contribution < -0.4 is 10.1 Å². The predicted molar refractivity (Wildman–Crippen MR) is 145 cm³/mol. The van der Waals surface area contributed by atoms with Gasteiger partial charge < -0.3 is 15.2 Å². The van der Waals surface area contributed by atoms with Crippen molar-refractivity contribution in [2.24, 2.45) is 5.41 Å². The molecule has 0 bridgehead atoms. The molecular weight excluding hydrogens is 577 g/mol. The van der Waals surface area contributed by atoms with Crippen LogP contribution in [-0.4, -0.2) is 29.1 Å². The van der Waals surface area contributed by atoms with Crippen LogP contribution >= 0.6 is 69.6 Å². The molecule has 2 N–H and O–H groups in total. The molecule has 0 saturated heterocycles. The lowest BCUT2D eigenvalue weighted by Gasteiger charge is -2.23. The summed E-state index contributed by atoms with van der Waals surface area (Å²) in [5, 5.41) is 13.5. The predicted octanol–water partition coefficient (Wildman–Crippen LogP) is 8.62. The number of hydrogen-bond donors (Lipinski definition) is 2. The number of halogens is 6. The number of aliphatic hydroxyl groups is 1. The van der Waals surface area contributed by atoms with Gasteiger partial charge in [0, 0.05) is 35.6 Å². The number of nitrogens with one attached hydrogen (secondary N) is 1. The SMILES string of the molecule is CC(C)(CCO)CNC(=O)c1cccnc1.Clc1cc(Cl)c(Oc2c(Cl)cc(Cl)cc2Cl)c(Cl)c1. The van der Waals surface area contributed by atoms with Gasteiger partial charge in [-0.2, -0.15) is 0 Å². The van der Waals surface area contributed by atoms with Crippen LogP contribution in [0.3, 0.4) is 0 Å². The van der Waals surface area contributed by atoms with E-state index in [-0.39, 0.29) is 49.5 Å². The molecule has 11 heteroatoms. The largest absolute Gasteiger partial charge is 0.451 e. The van der Waals surface area contributed by atoms with E-state index in [2.05, 4.69) is 10.3 Å². The first-order valence-electron chi connectivity index (χ1n) is 10.2. The van der Waals surface area contributed by atoms with E-state index < -0.39 is 0 Å². The van der Waals surface area contributed by atoms with Crippen molar-refractivity contribution in [2.45, 2.75) is 20.3 Å². The molecule has 0 spiro atoms. The minimum atomic E-state index is -0.126. The zero-order valence-electron chi connectivity index (χ0n) is 18.7.